The predicted octanol–water partition coefficient (Wildman–Crippen LogP) is 1.00. The van der Waals surface area contributed by atoms with Crippen molar-refractivity contribution in [2.45, 2.75) is 32.8 Å². The van der Waals surface area contributed by atoms with Gasteiger partial charge in [-0.3, -0.25) is 0 Å². The molecule has 2 N–H and O–H groups in total. The molecule has 0 radical (unpaired) electrons. The van der Waals surface area contributed by atoms with Crippen molar-refractivity contribution in [1.29, 1.82) is 0 Å². The minimum Gasteiger partial charge on any atom is -0.377 e. The summed E-state index contributed by atoms with van der Waals surface area (Å²) in [5.74, 6) is 0.744. The fraction of sp³-hybridized carbons (Fsp3) is 1.00. The van der Waals surface area contributed by atoms with E-state index in [4.69, 9.17) is 4.74 Å². The lowest BCUT2D eigenvalue weighted by Crippen LogP contribution is -2.33. The van der Waals surface area contributed by atoms with E-state index in [1.807, 2.05) is 0 Å². The van der Waals surface area contributed by atoms with Crippen LogP contribution in [0.5, 0.6) is 0 Å². The molecule has 0 spiro atoms. The molecule has 3 nitrogen and oxygen atoms in total. The Hall–Kier alpha value is -0.120. The Morgan fingerprint density at radius 3 is 2.71 bits per heavy atom. The van der Waals surface area contributed by atoms with E-state index in [2.05, 4.69) is 24.5 Å². The van der Waals surface area contributed by atoms with Crippen molar-refractivity contribution in [2.24, 2.45) is 5.92 Å². The highest BCUT2D eigenvalue weighted by Crippen LogP contribution is 2.10. The molecule has 1 atom stereocenters. The lowest BCUT2D eigenvalue weighted by Gasteiger charge is -2.11. The lowest BCUT2D eigenvalue weighted by molar-refractivity contribution is 0.110. The Labute approximate surface area is 87.6 Å². The standard InChI is InChI=1S/C11H24N2O/c1-10(2)8-12-5-6-13-9-11-4-3-7-14-11/h10-13H,3-9H2,1-2H3. The van der Waals surface area contributed by atoms with Crippen molar-refractivity contribution in [3.05, 3.63) is 0 Å². The molecule has 0 aliphatic carbocycles. The Kier molecular flexibility index (Phi) is 6.15. The zero-order chi connectivity index (χ0) is 10.2. The zero-order valence-electron chi connectivity index (χ0n) is 9.51. The SMILES string of the molecule is CC(C)CNCCNCC1CCCO1. The smallest absolute Gasteiger partial charge is 0.0700 e. The van der Waals surface area contributed by atoms with E-state index in [1.165, 1.54) is 12.8 Å². The second-order valence-corrected chi connectivity index (χ2v) is 4.44. The molecule has 0 aromatic heterocycles. The maximum Gasteiger partial charge on any atom is 0.0700 e. The maximum absolute atomic E-state index is 5.51. The van der Waals surface area contributed by atoms with Crippen LogP contribution in [0.1, 0.15) is 26.7 Å². The first kappa shape index (κ1) is 12.0. The predicted molar refractivity (Wildman–Crippen MR) is 59.6 cm³/mol. The topological polar surface area (TPSA) is 33.3 Å². The van der Waals surface area contributed by atoms with Gasteiger partial charge in [0.25, 0.3) is 0 Å². The van der Waals surface area contributed by atoms with Crippen molar-refractivity contribution < 1.29 is 4.74 Å². The highest BCUT2D eigenvalue weighted by Gasteiger charge is 2.13. The highest BCUT2D eigenvalue weighted by molar-refractivity contribution is 4.67. The number of hydrogen-bond donors (Lipinski definition) is 2. The van der Waals surface area contributed by atoms with Gasteiger partial charge in [0.15, 0.2) is 0 Å². The van der Waals surface area contributed by atoms with Crippen LogP contribution in [0.15, 0.2) is 0 Å². The minimum atomic E-state index is 0.472. The second-order valence-electron chi connectivity index (χ2n) is 4.44. The molecule has 3 heteroatoms. The van der Waals surface area contributed by atoms with E-state index in [0.717, 1.165) is 38.7 Å². The molecule has 0 aromatic rings. The van der Waals surface area contributed by atoms with Crippen LogP contribution in [0.4, 0.5) is 0 Å². The number of rotatable bonds is 7. The molecule has 1 unspecified atom stereocenters. The summed E-state index contributed by atoms with van der Waals surface area (Å²) >= 11 is 0. The van der Waals surface area contributed by atoms with E-state index in [-0.39, 0.29) is 0 Å². The normalized spacial score (nSPS) is 22.1. The van der Waals surface area contributed by atoms with Crippen LogP contribution in [0.3, 0.4) is 0 Å². The summed E-state index contributed by atoms with van der Waals surface area (Å²) in [6, 6.07) is 0. The highest BCUT2D eigenvalue weighted by atomic mass is 16.5. The maximum atomic E-state index is 5.51. The third-order valence-corrected chi connectivity index (χ3v) is 2.43. The van der Waals surface area contributed by atoms with Crippen LogP contribution in [0.2, 0.25) is 0 Å². The zero-order valence-corrected chi connectivity index (χ0v) is 9.51. The monoisotopic (exact) mass is 200 g/mol. The molecular weight excluding hydrogens is 176 g/mol. The first-order chi connectivity index (χ1) is 6.79. The average molecular weight is 200 g/mol. The third kappa shape index (κ3) is 5.58. The molecule has 1 rings (SSSR count). The molecule has 0 aromatic carbocycles. The molecule has 84 valence electrons. The van der Waals surface area contributed by atoms with Gasteiger partial charge in [-0.2, -0.15) is 0 Å². The van der Waals surface area contributed by atoms with Gasteiger partial charge < -0.3 is 15.4 Å². The fourth-order valence-electron chi connectivity index (χ4n) is 1.64. The van der Waals surface area contributed by atoms with E-state index < -0.39 is 0 Å². The number of ether oxygens (including phenoxy) is 1. The molecule has 0 bridgehead atoms. The summed E-state index contributed by atoms with van der Waals surface area (Å²) in [7, 11) is 0. The summed E-state index contributed by atoms with van der Waals surface area (Å²) in [6.45, 7) is 9.65. The first-order valence-electron chi connectivity index (χ1n) is 5.82. The summed E-state index contributed by atoms with van der Waals surface area (Å²) in [6.07, 6.45) is 2.93. The Bertz CT molecular complexity index is 133. The van der Waals surface area contributed by atoms with Gasteiger partial charge in [-0.25, -0.2) is 0 Å². The van der Waals surface area contributed by atoms with Gasteiger partial charge in [0.2, 0.25) is 0 Å². The van der Waals surface area contributed by atoms with Gasteiger partial charge in [-0.15, -0.1) is 0 Å². The largest absolute Gasteiger partial charge is 0.377 e. The molecule has 14 heavy (non-hydrogen) atoms. The van der Waals surface area contributed by atoms with Gasteiger partial charge in [0.1, 0.15) is 0 Å². The molecule has 1 saturated heterocycles. The molecule has 1 aliphatic rings. The number of nitrogens with one attached hydrogen (secondary N) is 2. The van der Waals surface area contributed by atoms with E-state index in [1.54, 1.807) is 0 Å². The Morgan fingerprint density at radius 1 is 1.29 bits per heavy atom. The van der Waals surface area contributed by atoms with Crippen molar-refractivity contribution in [3.63, 3.8) is 0 Å². The van der Waals surface area contributed by atoms with Crippen LogP contribution in [-0.4, -0.2) is 38.9 Å². The van der Waals surface area contributed by atoms with Crippen LogP contribution in [-0.2, 0) is 4.74 Å². The molecule has 1 aliphatic heterocycles. The van der Waals surface area contributed by atoms with Crippen LogP contribution in [0, 0.1) is 5.92 Å². The average Bonchev–Trinajstić information content (AvgIpc) is 2.63. The second kappa shape index (κ2) is 7.21. The van der Waals surface area contributed by atoms with Crippen LogP contribution in [0.25, 0.3) is 0 Å². The van der Waals surface area contributed by atoms with Crippen molar-refractivity contribution >= 4 is 0 Å². The summed E-state index contributed by atoms with van der Waals surface area (Å²) < 4.78 is 5.51. The minimum absolute atomic E-state index is 0.472. The summed E-state index contributed by atoms with van der Waals surface area (Å²) in [5.41, 5.74) is 0. The first-order valence-corrected chi connectivity index (χ1v) is 5.82. The van der Waals surface area contributed by atoms with E-state index in [9.17, 15) is 0 Å². The summed E-state index contributed by atoms with van der Waals surface area (Å²) in [5, 5.41) is 6.82. The quantitative estimate of drug-likeness (QED) is 0.602. The van der Waals surface area contributed by atoms with Crippen molar-refractivity contribution in [1.82, 2.24) is 10.6 Å². The van der Waals surface area contributed by atoms with Crippen molar-refractivity contribution in [2.75, 3.05) is 32.8 Å². The molecule has 0 saturated carbocycles. The molecule has 0 amide bonds. The molecular formula is C11H24N2O. The van der Waals surface area contributed by atoms with Gasteiger partial charge in [0.05, 0.1) is 6.10 Å². The van der Waals surface area contributed by atoms with Crippen LogP contribution < -0.4 is 10.6 Å². The van der Waals surface area contributed by atoms with Gasteiger partial charge in [0, 0.05) is 26.2 Å². The summed E-state index contributed by atoms with van der Waals surface area (Å²) in [4.78, 5) is 0. The van der Waals surface area contributed by atoms with E-state index in [0.29, 0.717) is 6.10 Å². The van der Waals surface area contributed by atoms with Gasteiger partial charge in [-0.05, 0) is 25.3 Å². The Morgan fingerprint density at radius 2 is 2.07 bits per heavy atom. The third-order valence-electron chi connectivity index (χ3n) is 2.43. The fourth-order valence-corrected chi connectivity index (χ4v) is 1.64. The van der Waals surface area contributed by atoms with Crippen molar-refractivity contribution in [3.8, 4) is 0 Å². The van der Waals surface area contributed by atoms with Gasteiger partial charge >= 0.3 is 0 Å². The molecule has 1 fully saturated rings. The van der Waals surface area contributed by atoms with Crippen LogP contribution >= 0.6 is 0 Å². The Balaban J connectivity index is 1.79. The number of hydrogen-bond acceptors (Lipinski definition) is 3. The van der Waals surface area contributed by atoms with E-state index >= 15 is 0 Å². The molecule has 1 heterocycles. The lowest BCUT2D eigenvalue weighted by atomic mass is 10.2. The van der Waals surface area contributed by atoms with Gasteiger partial charge in [-0.1, -0.05) is 13.8 Å².